The summed E-state index contributed by atoms with van der Waals surface area (Å²) in [5.74, 6) is 0.732. The van der Waals surface area contributed by atoms with E-state index in [1.165, 1.54) is 36.0 Å². The van der Waals surface area contributed by atoms with Gasteiger partial charge in [0.1, 0.15) is 5.75 Å². The van der Waals surface area contributed by atoms with Crippen molar-refractivity contribution < 1.29 is 9.53 Å². The molecule has 25 heavy (non-hydrogen) atoms. The molecule has 0 fully saturated rings. The Morgan fingerprint density at radius 3 is 2.32 bits per heavy atom. The Morgan fingerprint density at radius 2 is 1.64 bits per heavy atom. The highest BCUT2D eigenvalue weighted by atomic mass is 16.5. The second kappa shape index (κ2) is 7.73. The van der Waals surface area contributed by atoms with Crippen LogP contribution in [0.5, 0.6) is 5.75 Å². The van der Waals surface area contributed by atoms with E-state index in [2.05, 4.69) is 23.5 Å². The zero-order chi connectivity index (χ0) is 17.8. The summed E-state index contributed by atoms with van der Waals surface area (Å²) < 4.78 is 5.62. The monoisotopic (exact) mass is 337 g/mol. The van der Waals surface area contributed by atoms with Crippen LogP contribution in [0.4, 0.5) is 0 Å². The molecule has 0 spiro atoms. The third kappa shape index (κ3) is 4.41. The third-order valence-electron chi connectivity index (χ3n) is 4.71. The highest BCUT2D eigenvalue weighted by Crippen LogP contribution is 2.25. The van der Waals surface area contributed by atoms with Crippen LogP contribution in [0.1, 0.15) is 66.7 Å². The maximum absolute atomic E-state index is 12.5. The van der Waals surface area contributed by atoms with Gasteiger partial charge in [0.15, 0.2) is 0 Å². The van der Waals surface area contributed by atoms with E-state index in [0.29, 0.717) is 5.56 Å². The number of hydrogen-bond acceptors (Lipinski definition) is 2. The number of aryl methyl sites for hydroxylation is 2. The van der Waals surface area contributed by atoms with Gasteiger partial charge in [0.05, 0.1) is 12.1 Å². The van der Waals surface area contributed by atoms with Gasteiger partial charge < -0.3 is 10.1 Å². The zero-order valence-corrected chi connectivity index (χ0v) is 15.3. The smallest absolute Gasteiger partial charge is 0.251 e. The summed E-state index contributed by atoms with van der Waals surface area (Å²) in [6.07, 6.45) is 5.02. The van der Waals surface area contributed by atoms with Gasteiger partial charge in [-0.05, 0) is 87.4 Å². The zero-order valence-electron chi connectivity index (χ0n) is 15.3. The van der Waals surface area contributed by atoms with E-state index in [1.54, 1.807) is 0 Å². The van der Waals surface area contributed by atoms with Crippen LogP contribution < -0.4 is 10.1 Å². The van der Waals surface area contributed by atoms with Crippen LogP contribution >= 0.6 is 0 Å². The largest absolute Gasteiger partial charge is 0.491 e. The molecule has 0 heterocycles. The van der Waals surface area contributed by atoms with Gasteiger partial charge in [-0.2, -0.15) is 0 Å². The fraction of sp³-hybridized carbons (Fsp3) is 0.409. The average Bonchev–Trinajstić information content (AvgIpc) is 2.61. The van der Waals surface area contributed by atoms with Crippen molar-refractivity contribution in [3.8, 4) is 5.75 Å². The summed E-state index contributed by atoms with van der Waals surface area (Å²) in [6, 6.07) is 13.9. The van der Waals surface area contributed by atoms with Gasteiger partial charge in [-0.25, -0.2) is 0 Å². The fourth-order valence-electron chi connectivity index (χ4n) is 3.34. The van der Waals surface area contributed by atoms with E-state index in [-0.39, 0.29) is 18.1 Å². The molecule has 0 bridgehead atoms. The van der Waals surface area contributed by atoms with Gasteiger partial charge in [-0.3, -0.25) is 4.79 Å². The number of rotatable bonds is 5. The molecule has 0 aliphatic heterocycles. The molecule has 1 amide bonds. The molecule has 3 nitrogen and oxygen atoms in total. The third-order valence-corrected chi connectivity index (χ3v) is 4.71. The first-order chi connectivity index (χ1) is 12.0. The quantitative estimate of drug-likeness (QED) is 0.847. The second-order valence-corrected chi connectivity index (χ2v) is 7.12. The van der Waals surface area contributed by atoms with E-state index in [9.17, 15) is 4.79 Å². The molecular weight excluding hydrogens is 310 g/mol. The van der Waals surface area contributed by atoms with Crippen LogP contribution in [0, 0.1) is 0 Å². The van der Waals surface area contributed by atoms with Gasteiger partial charge in [0, 0.05) is 5.56 Å². The lowest BCUT2D eigenvalue weighted by atomic mass is 9.89. The summed E-state index contributed by atoms with van der Waals surface area (Å²) >= 11 is 0. The Kier molecular flexibility index (Phi) is 5.42. The molecule has 2 aromatic carbocycles. The molecule has 0 saturated heterocycles. The molecule has 0 saturated carbocycles. The number of nitrogens with one attached hydrogen (secondary N) is 1. The Labute approximate surface area is 150 Å². The molecular formula is C22H27NO2. The maximum Gasteiger partial charge on any atom is 0.251 e. The van der Waals surface area contributed by atoms with Gasteiger partial charge in [0.2, 0.25) is 0 Å². The van der Waals surface area contributed by atoms with Crippen LogP contribution in [0.25, 0.3) is 0 Å². The number of carbonyl (C=O) groups is 1. The van der Waals surface area contributed by atoms with Crippen LogP contribution in [-0.2, 0) is 12.8 Å². The molecule has 0 aromatic heterocycles. The van der Waals surface area contributed by atoms with Crippen LogP contribution in [-0.4, -0.2) is 12.0 Å². The van der Waals surface area contributed by atoms with Crippen molar-refractivity contribution in [1.82, 2.24) is 5.32 Å². The van der Waals surface area contributed by atoms with Crippen LogP contribution in [0.15, 0.2) is 42.5 Å². The summed E-state index contributed by atoms with van der Waals surface area (Å²) in [7, 11) is 0. The Morgan fingerprint density at radius 1 is 0.960 bits per heavy atom. The van der Waals surface area contributed by atoms with Gasteiger partial charge >= 0.3 is 0 Å². The van der Waals surface area contributed by atoms with E-state index in [4.69, 9.17) is 4.74 Å². The molecule has 1 aliphatic carbocycles. The Bertz CT molecular complexity index is 734. The molecule has 3 heteroatoms. The summed E-state index contributed by atoms with van der Waals surface area (Å²) in [6.45, 7) is 6.01. The minimum Gasteiger partial charge on any atom is -0.491 e. The molecule has 1 N–H and O–H groups in total. The molecule has 0 radical (unpaired) electrons. The van der Waals surface area contributed by atoms with E-state index >= 15 is 0 Å². The first-order valence-electron chi connectivity index (χ1n) is 9.22. The SMILES string of the molecule is CC(C)Oc1ccc(C(=O)N[C@@H](C)c2ccc3c(c2)CCCC3)cc1. The number of amides is 1. The first kappa shape index (κ1) is 17.5. The number of benzene rings is 2. The van der Waals surface area contributed by atoms with Crippen molar-refractivity contribution in [2.75, 3.05) is 0 Å². The average molecular weight is 337 g/mol. The predicted octanol–water partition coefficient (Wildman–Crippen LogP) is 4.84. The van der Waals surface area contributed by atoms with E-state index < -0.39 is 0 Å². The molecule has 1 aliphatic rings. The van der Waals surface area contributed by atoms with Crippen molar-refractivity contribution in [2.45, 2.75) is 58.6 Å². The summed E-state index contributed by atoms with van der Waals surface area (Å²) in [5, 5.41) is 3.10. The summed E-state index contributed by atoms with van der Waals surface area (Å²) in [5.41, 5.74) is 4.74. The van der Waals surface area contributed by atoms with Crippen LogP contribution in [0.3, 0.4) is 0 Å². The van der Waals surface area contributed by atoms with Crippen molar-refractivity contribution in [1.29, 1.82) is 0 Å². The first-order valence-corrected chi connectivity index (χ1v) is 9.22. The predicted molar refractivity (Wildman–Crippen MR) is 101 cm³/mol. The highest BCUT2D eigenvalue weighted by molar-refractivity contribution is 5.94. The number of hydrogen-bond donors (Lipinski definition) is 1. The van der Waals surface area contributed by atoms with Crippen molar-refractivity contribution in [3.05, 3.63) is 64.7 Å². The summed E-state index contributed by atoms with van der Waals surface area (Å²) in [4.78, 5) is 12.5. The van der Waals surface area contributed by atoms with Crippen molar-refractivity contribution in [2.24, 2.45) is 0 Å². The minimum atomic E-state index is -0.0543. The fourth-order valence-corrected chi connectivity index (χ4v) is 3.34. The molecule has 0 unspecified atom stereocenters. The minimum absolute atomic E-state index is 0.00804. The number of fused-ring (bicyclic) bond motifs is 1. The van der Waals surface area contributed by atoms with Gasteiger partial charge in [0.25, 0.3) is 5.91 Å². The van der Waals surface area contributed by atoms with E-state index in [0.717, 1.165) is 12.2 Å². The second-order valence-electron chi connectivity index (χ2n) is 7.12. The van der Waals surface area contributed by atoms with Crippen LogP contribution in [0.2, 0.25) is 0 Å². The number of carbonyl (C=O) groups excluding carboxylic acids is 1. The lowest BCUT2D eigenvalue weighted by Gasteiger charge is -2.20. The normalized spacial score (nSPS) is 14.7. The Hall–Kier alpha value is -2.29. The standard InChI is InChI=1S/C22H27NO2/c1-15(2)25-21-12-10-18(11-13-21)22(24)23-16(3)19-9-8-17-6-4-5-7-20(17)14-19/h8-16H,4-7H2,1-3H3,(H,23,24)/t16-/m0/s1. The van der Waals surface area contributed by atoms with Gasteiger partial charge in [-0.15, -0.1) is 0 Å². The van der Waals surface area contributed by atoms with Crippen molar-refractivity contribution in [3.63, 3.8) is 0 Å². The maximum atomic E-state index is 12.5. The Balaban J connectivity index is 1.66. The van der Waals surface area contributed by atoms with Crippen molar-refractivity contribution >= 4 is 5.91 Å². The molecule has 2 aromatic rings. The molecule has 1 atom stereocenters. The lowest BCUT2D eigenvalue weighted by Crippen LogP contribution is -2.26. The topological polar surface area (TPSA) is 38.3 Å². The highest BCUT2D eigenvalue weighted by Gasteiger charge is 2.15. The molecule has 132 valence electrons. The molecule has 3 rings (SSSR count). The number of ether oxygens (including phenoxy) is 1. The lowest BCUT2D eigenvalue weighted by molar-refractivity contribution is 0.0940. The van der Waals surface area contributed by atoms with Gasteiger partial charge in [-0.1, -0.05) is 18.2 Å². The van der Waals surface area contributed by atoms with E-state index in [1.807, 2.05) is 45.0 Å².